The number of nitrogens with zero attached hydrogens (tertiary/aromatic N) is 2. The maximum Gasteiger partial charge on any atom is 0.0834 e. The average Bonchev–Trinajstić information content (AvgIpc) is 2.98. The van der Waals surface area contributed by atoms with Crippen LogP contribution in [0.15, 0.2) is 6.20 Å². The highest BCUT2D eigenvalue weighted by Gasteiger charge is 2.24. The third-order valence-corrected chi connectivity index (χ3v) is 4.28. The summed E-state index contributed by atoms with van der Waals surface area (Å²) in [6, 6.07) is 0.342. The van der Waals surface area contributed by atoms with Crippen molar-refractivity contribution in [2.24, 2.45) is 5.92 Å². The molecule has 0 radical (unpaired) electrons. The minimum atomic E-state index is 0.342. The van der Waals surface area contributed by atoms with Gasteiger partial charge in [0.25, 0.3) is 0 Å². The summed E-state index contributed by atoms with van der Waals surface area (Å²) in [6.45, 7) is 3.12. The molecule has 4 heteroatoms. The summed E-state index contributed by atoms with van der Waals surface area (Å²) in [7, 11) is 2.03. The molecule has 0 bridgehead atoms. The van der Waals surface area contributed by atoms with Crippen LogP contribution in [0.2, 0.25) is 5.02 Å². The number of hydrogen-bond donors (Lipinski definition) is 1. The highest BCUT2D eigenvalue weighted by Crippen LogP contribution is 2.34. The molecule has 0 aliphatic heterocycles. The Bertz CT molecular complexity index is 369. The first-order valence-corrected chi connectivity index (χ1v) is 7.52. The van der Waals surface area contributed by atoms with Crippen LogP contribution in [0.4, 0.5) is 0 Å². The summed E-state index contributed by atoms with van der Waals surface area (Å²) in [5, 5.41) is 8.63. The zero-order valence-corrected chi connectivity index (χ0v) is 12.2. The number of nitrogens with one attached hydrogen (secondary N) is 1. The summed E-state index contributed by atoms with van der Waals surface area (Å²) in [6.07, 6.45) is 9.59. The normalized spacial score (nSPS) is 18.4. The Morgan fingerprint density at radius 1 is 1.50 bits per heavy atom. The molecule has 102 valence electrons. The van der Waals surface area contributed by atoms with Crippen molar-refractivity contribution in [3.05, 3.63) is 16.9 Å². The molecule has 1 fully saturated rings. The topological polar surface area (TPSA) is 29.9 Å². The van der Waals surface area contributed by atoms with Crippen molar-refractivity contribution >= 4 is 11.6 Å². The molecule has 1 heterocycles. The molecule has 0 amide bonds. The van der Waals surface area contributed by atoms with Crippen molar-refractivity contribution in [1.82, 2.24) is 15.1 Å². The Labute approximate surface area is 115 Å². The van der Waals surface area contributed by atoms with Crippen LogP contribution < -0.4 is 5.32 Å². The highest BCUT2D eigenvalue weighted by molar-refractivity contribution is 6.31. The van der Waals surface area contributed by atoms with Crippen LogP contribution in [0.5, 0.6) is 0 Å². The molecule has 1 aliphatic rings. The lowest BCUT2D eigenvalue weighted by Crippen LogP contribution is -2.23. The van der Waals surface area contributed by atoms with E-state index in [0.717, 1.165) is 23.9 Å². The first-order chi connectivity index (χ1) is 8.76. The molecule has 2 rings (SSSR count). The Morgan fingerprint density at radius 3 is 2.83 bits per heavy atom. The zero-order chi connectivity index (χ0) is 13.0. The summed E-state index contributed by atoms with van der Waals surface area (Å²) in [5.74, 6) is 0.850. The van der Waals surface area contributed by atoms with Crippen molar-refractivity contribution in [1.29, 1.82) is 0 Å². The van der Waals surface area contributed by atoms with Gasteiger partial charge >= 0.3 is 0 Å². The van der Waals surface area contributed by atoms with Gasteiger partial charge < -0.3 is 5.32 Å². The summed E-state index contributed by atoms with van der Waals surface area (Å²) in [5.41, 5.74) is 1.17. The molecule has 1 unspecified atom stereocenters. The average molecular weight is 270 g/mol. The predicted octanol–water partition coefficient (Wildman–Crippen LogP) is 3.79. The monoisotopic (exact) mass is 269 g/mol. The van der Waals surface area contributed by atoms with Crippen LogP contribution in [-0.2, 0) is 6.54 Å². The quantitative estimate of drug-likeness (QED) is 0.852. The second-order valence-electron chi connectivity index (χ2n) is 5.33. The van der Waals surface area contributed by atoms with E-state index in [1.807, 2.05) is 7.05 Å². The fraction of sp³-hybridized carbons (Fsp3) is 0.786. The summed E-state index contributed by atoms with van der Waals surface area (Å²) < 4.78 is 2.07. The number of aromatic nitrogens is 2. The Hall–Kier alpha value is -0.540. The van der Waals surface area contributed by atoms with Crippen molar-refractivity contribution in [2.45, 2.75) is 58.0 Å². The fourth-order valence-corrected chi connectivity index (χ4v) is 3.33. The van der Waals surface area contributed by atoms with Crippen LogP contribution in [0.25, 0.3) is 0 Å². The number of rotatable bonds is 6. The molecule has 1 atom stereocenters. The third kappa shape index (κ3) is 3.07. The van der Waals surface area contributed by atoms with Crippen molar-refractivity contribution in [3.8, 4) is 0 Å². The van der Waals surface area contributed by atoms with E-state index in [4.69, 9.17) is 11.6 Å². The van der Waals surface area contributed by atoms with Gasteiger partial charge in [0.1, 0.15) is 0 Å². The van der Waals surface area contributed by atoms with Crippen LogP contribution >= 0.6 is 11.6 Å². The molecule has 0 spiro atoms. The van der Waals surface area contributed by atoms with E-state index in [9.17, 15) is 0 Å². The minimum absolute atomic E-state index is 0.342. The van der Waals surface area contributed by atoms with E-state index < -0.39 is 0 Å². The van der Waals surface area contributed by atoms with Crippen LogP contribution in [0.3, 0.4) is 0 Å². The van der Waals surface area contributed by atoms with Crippen molar-refractivity contribution in [2.75, 3.05) is 7.05 Å². The smallest absolute Gasteiger partial charge is 0.0834 e. The van der Waals surface area contributed by atoms with Crippen LogP contribution in [0, 0.1) is 5.92 Å². The molecular weight excluding hydrogens is 246 g/mol. The van der Waals surface area contributed by atoms with E-state index in [0.29, 0.717) is 6.04 Å². The van der Waals surface area contributed by atoms with Gasteiger partial charge in [-0.2, -0.15) is 5.10 Å². The Kier molecular flexibility index (Phi) is 5.07. The second kappa shape index (κ2) is 6.58. The Balaban J connectivity index is 2.12. The highest BCUT2D eigenvalue weighted by atomic mass is 35.5. The molecule has 1 saturated carbocycles. The number of halogens is 1. The van der Waals surface area contributed by atoms with Gasteiger partial charge in [0.05, 0.1) is 23.0 Å². The fourth-order valence-electron chi connectivity index (χ4n) is 3.05. The number of aryl methyl sites for hydroxylation is 1. The predicted molar refractivity (Wildman–Crippen MR) is 75.9 cm³/mol. The molecule has 1 aromatic heterocycles. The Morgan fingerprint density at radius 2 is 2.22 bits per heavy atom. The van der Waals surface area contributed by atoms with E-state index in [-0.39, 0.29) is 0 Å². The maximum absolute atomic E-state index is 6.32. The zero-order valence-electron chi connectivity index (χ0n) is 11.5. The largest absolute Gasteiger partial charge is 0.312 e. The number of hydrogen-bond acceptors (Lipinski definition) is 2. The molecule has 1 aliphatic carbocycles. The summed E-state index contributed by atoms with van der Waals surface area (Å²) in [4.78, 5) is 0. The van der Waals surface area contributed by atoms with Gasteiger partial charge in [-0.1, -0.05) is 44.2 Å². The maximum atomic E-state index is 6.32. The second-order valence-corrected chi connectivity index (χ2v) is 5.74. The van der Waals surface area contributed by atoms with Gasteiger partial charge in [-0.05, 0) is 25.8 Å². The van der Waals surface area contributed by atoms with Gasteiger partial charge in [-0.15, -0.1) is 0 Å². The first-order valence-electron chi connectivity index (χ1n) is 7.14. The molecule has 1 N–H and O–H groups in total. The van der Waals surface area contributed by atoms with E-state index in [1.165, 1.54) is 37.8 Å². The third-order valence-electron chi connectivity index (χ3n) is 3.99. The van der Waals surface area contributed by atoms with Gasteiger partial charge in [0.15, 0.2) is 0 Å². The molecule has 0 aromatic carbocycles. The van der Waals surface area contributed by atoms with Crippen molar-refractivity contribution < 1.29 is 0 Å². The van der Waals surface area contributed by atoms with E-state index in [2.05, 4.69) is 22.0 Å². The lowest BCUT2D eigenvalue weighted by Gasteiger charge is -2.21. The van der Waals surface area contributed by atoms with E-state index in [1.54, 1.807) is 6.20 Å². The molecule has 0 saturated heterocycles. The van der Waals surface area contributed by atoms with Crippen molar-refractivity contribution in [3.63, 3.8) is 0 Å². The first kappa shape index (κ1) is 13.9. The van der Waals surface area contributed by atoms with Gasteiger partial charge in [-0.3, -0.25) is 4.68 Å². The molecule has 18 heavy (non-hydrogen) atoms. The van der Waals surface area contributed by atoms with Crippen LogP contribution in [0.1, 0.15) is 57.2 Å². The minimum Gasteiger partial charge on any atom is -0.312 e. The SMILES string of the molecule is CCCn1ncc(Cl)c1C(CC1CCCC1)NC. The lowest BCUT2D eigenvalue weighted by molar-refractivity contribution is 0.390. The lowest BCUT2D eigenvalue weighted by atomic mass is 9.96. The van der Waals surface area contributed by atoms with Gasteiger partial charge in [0.2, 0.25) is 0 Å². The molecular formula is C14H24ClN3. The van der Waals surface area contributed by atoms with Gasteiger partial charge in [-0.25, -0.2) is 0 Å². The van der Waals surface area contributed by atoms with E-state index >= 15 is 0 Å². The molecule has 1 aromatic rings. The summed E-state index contributed by atoms with van der Waals surface area (Å²) >= 11 is 6.32. The van der Waals surface area contributed by atoms with Crippen LogP contribution in [-0.4, -0.2) is 16.8 Å². The molecule has 3 nitrogen and oxygen atoms in total. The van der Waals surface area contributed by atoms with Gasteiger partial charge in [0, 0.05) is 6.54 Å². The standard InChI is InChI=1S/C14H24ClN3/c1-3-8-18-14(12(15)10-17-18)13(16-2)9-11-6-4-5-7-11/h10-11,13,16H,3-9H2,1-2H3.